The highest BCUT2D eigenvalue weighted by Crippen LogP contribution is 2.25. The molecular weight excluding hydrogens is 472 g/mol. The molecule has 0 saturated heterocycles. The molecule has 6 nitrogen and oxygen atoms in total. The first-order valence-electron chi connectivity index (χ1n) is 12.1. The largest absolute Gasteiger partial charge is 0.399 e. The second-order valence-corrected chi connectivity index (χ2v) is 8.89. The Morgan fingerprint density at radius 1 is 0.447 bits per heavy atom. The SMILES string of the molecule is Nc1cccc(-c2ccc(NC(=O)c3ccc(C(=O)Nc4ccc(-c5cccc(N)c5)cc4)cc3)cc2)c1. The molecule has 5 aromatic rings. The van der Waals surface area contributed by atoms with Gasteiger partial charge in [0.25, 0.3) is 11.8 Å². The number of benzene rings is 5. The quantitative estimate of drug-likeness (QED) is 0.196. The van der Waals surface area contributed by atoms with E-state index in [1.54, 1.807) is 24.3 Å². The van der Waals surface area contributed by atoms with Crippen LogP contribution in [0, 0.1) is 0 Å². The first kappa shape index (κ1) is 24.3. The molecule has 0 aromatic heterocycles. The Labute approximate surface area is 220 Å². The van der Waals surface area contributed by atoms with Crippen LogP contribution in [0.25, 0.3) is 22.3 Å². The number of nitrogens with one attached hydrogen (secondary N) is 2. The molecule has 0 fully saturated rings. The highest BCUT2D eigenvalue weighted by atomic mass is 16.2. The first-order valence-corrected chi connectivity index (χ1v) is 12.1. The molecule has 0 atom stereocenters. The van der Waals surface area contributed by atoms with Gasteiger partial charge < -0.3 is 22.1 Å². The second-order valence-electron chi connectivity index (χ2n) is 8.89. The molecule has 2 amide bonds. The van der Waals surface area contributed by atoms with E-state index in [0.717, 1.165) is 22.3 Å². The van der Waals surface area contributed by atoms with Crippen LogP contribution in [-0.4, -0.2) is 11.8 Å². The maximum atomic E-state index is 12.7. The molecule has 5 rings (SSSR count). The molecule has 6 heteroatoms. The van der Waals surface area contributed by atoms with Gasteiger partial charge in [-0.3, -0.25) is 9.59 Å². The zero-order valence-corrected chi connectivity index (χ0v) is 20.5. The van der Waals surface area contributed by atoms with Crippen molar-refractivity contribution in [2.24, 2.45) is 0 Å². The maximum Gasteiger partial charge on any atom is 0.255 e. The van der Waals surface area contributed by atoms with Crippen molar-refractivity contribution in [3.63, 3.8) is 0 Å². The van der Waals surface area contributed by atoms with Crippen LogP contribution >= 0.6 is 0 Å². The fraction of sp³-hybridized carbons (Fsp3) is 0. The molecule has 0 aliphatic carbocycles. The minimum atomic E-state index is -0.259. The lowest BCUT2D eigenvalue weighted by molar-refractivity contribution is 0.101. The normalized spacial score (nSPS) is 10.5. The van der Waals surface area contributed by atoms with E-state index in [4.69, 9.17) is 11.5 Å². The Bertz CT molecular complexity index is 1470. The first-order chi connectivity index (χ1) is 18.4. The monoisotopic (exact) mass is 498 g/mol. The molecule has 0 radical (unpaired) electrons. The van der Waals surface area contributed by atoms with Gasteiger partial charge in [0.05, 0.1) is 0 Å². The molecule has 0 aliphatic rings. The van der Waals surface area contributed by atoms with E-state index in [-0.39, 0.29) is 11.8 Å². The van der Waals surface area contributed by atoms with Gasteiger partial charge in [-0.25, -0.2) is 0 Å². The van der Waals surface area contributed by atoms with Crippen LogP contribution in [-0.2, 0) is 0 Å². The lowest BCUT2D eigenvalue weighted by Gasteiger charge is -2.09. The van der Waals surface area contributed by atoms with Gasteiger partial charge in [0.15, 0.2) is 0 Å². The Hall–Kier alpha value is -5.36. The van der Waals surface area contributed by atoms with Crippen molar-refractivity contribution in [1.82, 2.24) is 0 Å². The molecule has 0 saturated carbocycles. The van der Waals surface area contributed by atoms with Gasteiger partial charge in [-0.05, 0) is 95.1 Å². The van der Waals surface area contributed by atoms with Crippen LogP contribution in [0.1, 0.15) is 20.7 Å². The number of hydrogen-bond acceptors (Lipinski definition) is 4. The standard InChI is InChI=1S/C32H26N4O2/c33-27-5-1-3-25(19-27)21-11-15-29(16-12-21)35-31(37)23-7-9-24(10-8-23)32(38)36-30-17-13-22(14-18-30)26-4-2-6-28(34)20-26/h1-20H,33-34H2,(H,35,37)(H,36,38). The maximum absolute atomic E-state index is 12.7. The number of anilines is 4. The third-order valence-corrected chi connectivity index (χ3v) is 6.13. The zero-order chi connectivity index (χ0) is 26.5. The van der Waals surface area contributed by atoms with Crippen LogP contribution < -0.4 is 22.1 Å². The second kappa shape index (κ2) is 10.7. The molecule has 0 aliphatic heterocycles. The van der Waals surface area contributed by atoms with E-state index >= 15 is 0 Å². The predicted octanol–water partition coefficient (Wildman–Crippen LogP) is 6.69. The van der Waals surface area contributed by atoms with Gasteiger partial charge in [0, 0.05) is 33.9 Å². The molecule has 186 valence electrons. The van der Waals surface area contributed by atoms with Crippen molar-refractivity contribution >= 4 is 34.6 Å². The predicted molar refractivity (Wildman–Crippen MR) is 155 cm³/mol. The van der Waals surface area contributed by atoms with Gasteiger partial charge >= 0.3 is 0 Å². The van der Waals surface area contributed by atoms with Crippen molar-refractivity contribution in [1.29, 1.82) is 0 Å². The van der Waals surface area contributed by atoms with Crippen molar-refractivity contribution in [3.8, 4) is 22.3 Å². The molecule has 38 heavy (non-hydrogen) atoms. The molecule has 0 spiro atoms. The fourth-order valence-corrected chi connectivity index (χ4v) is 4.11. The lowest BCUT2D eigenvalue weighted by atomic mass is 10.0. The van der Waals surface area contributed by atoms with Gasteiger partial charge in [0.2, 0.25) is 0 Å². The molecule has 0 bridgehead atoms. The smallest absolute Gasteiger partial charge is 0.255 e. The Balaban J connectivity index is 1.19. The Morgan fingerprint density at radius 3 is 1.16 bits per heavy atom. The Kier molecular flexibility index (Phi) is 6.87. The van der Waals surface area contributed by atoms with Gasteiger partial charge in [-0.1, -0.05) is 48.5 Å². The van der Waals surface area contributed by atoms with Crippen LogP contribution in [0.3, 0.4) is 0 Å². The number of carbonyl (C=O) groups excluding carboxylic acids is 2. The van der Waals surface area contributed by atoms with E-state index < -0.39 is 0 Å². The molecule has 5 aromatic carbocycles. The topological polar surface area (TPSA) is 110 Å². The van der Waals surface area contributed by atoms with Gasteiger partial charge in [-0.15, -0.1) is 0 Å². The van der Waals surface area contributed by atoms with Crippen molar-refractivity contribution in [2.75, 3.05) is 22.1 Å². The van der Waals surface area contributed by atoms with Crippen LogP contribution in [0.15, 0.2) is 121 Å². The zero-order valence-electron chi connectivity index (χ0n) is 20.5. The summed E-state index contributed by atoms with van der Waals surface area (Å²) in [5.74, 6) is -0.517. The summed E-state index contributed by atoms with van der Waals surface area (Å²) >= 11 is 0. The molecule has 6 N–H and O–H groups in total. The number of amides is 2. The Morgan fingerprint density at radius 2 is 0.816 bits per heavy atom. The lowest BCUT2D eigenvalue weighted by Crippen LogP contribution is -2.14. The van der Waals surface area contributed by atoms with Crippen molar-refractivity contribution in [2.45, 2.75) is 0 Å². The minimum absolute atomic E-state index is 0.259. The molecule has 0 unspecified atom stereocenters. The van der Waals surface area contributed by atoms with E-state index in [1.165, 1.54) is 0 Å². The highest BCUT2D eigenvalue weighted by molar-refractivity contribution is 6.07. The van der Waals surface area contributed by atoms with Crippen LogP contribution in [0.2, 0.25) is 0 Å². The summed E-state index contributed by atoms with van der Waals surface area (Å²) in [6.07, 6.45) is 0. The van der Waals surface area contributed by atoms with Crippen LogP contribution in [0.4, 0.5) is 22.7 Å². The molecular formula is C32H26N4O2. The number of carbonyl (C=O) groups is 2. The number of nitrogen functional groups attached to an aromatic ring is 2. The third-order valence-electron chi connectivity index (χ3n) is 6.13. The fourth-order valence-electron chi connectivity index (χ4n) is 4.11. The average molecular weight is 499 g/mol. The summed E-state index contributed by atoms with van der Waals surface area (Å²) in [5.41, 5.74) is 19.4. The average Bonchev–Trinajstić information content (AvgIpc) is 2.94. The van der Waals surface area contributed by atoms with E-state index in [0.29, 0.717) is 33.9 Å². The summed E-state index contributed by atoms with van der Waals surface area (Å²) in [5, 5.41) is 5.77. The number of hydrogen-bond donors (Lipinski definition) is 4. The van der Waals surface area contributed by atoms with Gasteiger partial charge in [0.1, 0.15) is 0 Å². The van der Waals surface area contributed by atoms with E-state index in [2.05, 4.69) is 10.6 Å². The van der Waals surface area contributed by atoms with E-state index in [1.807, 2.05) is 97.1 Å². The van der Waals surface area contributed by atoms with Gasteiger partial charge in [-0.2, -0.15) is 0 Å². The summed E-state index contributed by atoms with van der Waals surface area (Å²) < 4.78 is 0. The number of nitrogens with two attached hydrogens (primary N) is 2. The number of rotatable bonds is 6. The van der Waals surface area contributed by atoms with Crippen molar-refractivity contribution < 1.29 is 9.59 Å². The minimum Gasteiger partial charge on any atom is -0.399 e. The summed E-state index contributed by atoms with van der Waals surface area (Å²) in [4.78, 5) is 25.4. The van der Waals surface area contributed by atoms with E-state index in [9.17, 15) is 9.59 Å². The summed E-state index contributed by atoms with van der Waals surface area (Å²) in [6.45, 7) is 0. The highest BCUT2D eigenvalue weighted by Gasteiger charge is 2.10. The van der Waals surface area contributed by atoms with Crippen molar-refractivity contribution in [3.05, 3.63) is 132 Å². The van der Waals surface area contributed by atoms with Crippen LogP contribution in [0.5, 0.6) is 0 Å². The third kappa shape index (κ3) is 5.71. The summed E-state index contributed by atoms with van der Waals surface area (Å²) in [6, 6.07) is 36.9. The summed E-state index contributed by atoms with van der Waals surface area (Å²) in [7, 11) is 0. The molecule has 0 heterocycles.